The molecule has 0 saturated heterocycles. The van der Waals surface area contributed by atoms with Crippen molar-refractivity contribution in [3.8, 4) is 0 Å². The monoisotopic (exact) mass is 400 g/mol. The van der Waals surface area contributed by atoms with Crippen LogP contribution in [0, 0.1) is 13.8 Å². The predicted octanol–water partition coefficient (Wildman–Crippen LogP) is 6.04. The first kappa shape index (κ1) is 19.3. The van der Waals surface area contributed by atoms with Crippen LogP contribution in [0.25, 0.3) is 10.9 Å². The summed E-state index contributed by atoms with van der Waals surface area (Å²) in [6.07, 6.45) is 2.16. The summed E-state index contributed by atoms with van der Waals surface area (Å²) in [5, 5.41) is 4.21. The summed E-state index contributed by atoms with van der Waals surface area (Å²) in [4.78, 5) is 13.6. The molecule has 1 N–H and O–H groups in total. The number of nitrogens with one attached hydrogen (secondary N) is 1. The summed E-state index contributed by atoms with van der Waals surface area (Å²) in [6.45, 7) is 4.90. The minimum Gasteiger partial charge on any atom is -0.342 e. The van der Waals surface area contributed by atoms with E-state index in [1.807, 2.05) is 32.0 Å². The molecule has 1 aromatic heterocycles. The standard InChI is InChI=1S/C25H24N2OS/c1-18-12-19(2)14-21(13-18)26-25(28)17-29-24-16-27(15-20-8-4-3-5-9-20)23-11-7-6-10-22(23)24/h3-14,16H,15,17H2,1-2H3,(H,26,28). The highest BCUT2D eigenvalue weighted by Gasteiger charge is 2.11. The van der Waals surface area contributed by atoms with E-state index in [0.29, 0.717) is 5.75 Å². The van der Waals surface area contributed by atoms with Crippen LogP contribution in [0.15, 0.2) is 83.9 Å². The van der Waals surface area contributed by atoms with Gasteiger partial charge in [0.1, 0.15) is 0 Å². The lowest BCUT2D eigenvalue weighted by molar-refractivity contribution is -0.113. The van der Waals surface area contributed by atoms with Gasteiger partial charge in [-0.3, -0.25) is 4.79 Å². The van der Waals surface area contributed by atoms with Crippen LogP contribution in [-0.4, -0.2) is 16.2 Å². The lowest BCUT2D eigenvalue weighted by Gasteiger charge is -2.07. The molecular formula is C25H24N2OS. The van der Waals surface area contributed by atoms with Gasteiger partial charge in [0.15, 0.2) is 0 Å². The van der Waals surface area contributed by atoms with E-state index in [4.69, 9.17) is 0 Å². The number of thioether (sulfide) groups is 1. The zero-order valence-corrected chi connectivity index (χ0v) is 17.5. The fourth-order valence-electron chi connectivity index (χ4n) is 3.63. The number of rotatable bonds is 6. The maximum atomic E-state index is 12.5. The summed E-state index contributed by atoms with van der Waals surface area (Å²) in [7, 11) is 0. The molecule has 0 aliphatic heterocycles. The number of carbonyl (C=O) groups is 1. The summed E-state index contributed by atoms with van der Waals surface area (Å²) >= 11 is 1.58. The molecule has 0 atom stereocenters. The average molecular weight is 401 g/mol. The molecule has 3 nitrogen and oxygen atoms in total. The lowest BCUT2D eigenvalue weighted by atomic mass is 10.1. The van der Waals surface area contributed by atoms with E-state index < -0.39 is 0 Å². The fraction of sp³-hybridized carbons (Fsp3) is 0.160. The number of nitrogens with zero attached hydrogens (tertiary/aromatic N) is 1. The van der Waals surface area contributed by atoms with Gasteiger partial charge in [-0.2, -0.15) is 0 Å². The maximum absolute atomic E-state index is 12.5. The van der Waals surface area contributed by atoms with Gasteiger partial charge in [0, 0.05) is 34.2 Å². The molecule has 29 heavy (non-hydrogen) atoms. The van der Waals surface area contributed by atoms with Crippen molar-refractivity contribution < 1.29 is 4.79 Å². The fourth-order valence-corrected chi connectivity index (χ4v) is 4.51. The smallest absolute Gasteiger partial charge is 0.234 e. The van der Waals surface area contributed by atoms with Gasteiger partial charge >= 0.3 is 0 Å². The van der Waals surface area contributed by atoms with E-state index in [1.165, 1.54) is 16.5 Å². The first-order valence-electron chi connectivity index (χ1n) is 9.71. The van der Waals surface area contributed by atoms with Crippen LogP contribution in [0.5, 0.6) is 0 Å². The number of para-hydroxylation sites is 1. The zero-order valence-electron chi connectivity index (χ0n) is 16.7. The van der Waals surface area contributed by atoms with E-state index >= 15 is 0 Å². The number of aromatic nitrogens is 1. The Labute approximate surface area is 175 Å². The molecule has 0 fully saturated rings. The Morgan fingerprint density at radius 3 is 2.38 bits per heavy atom. The van der Waals surface area contributed by atoms with Crippen LogP contribution in [0.1, 0.15) is 16.7 Å². The molecule has 4 aromatic rings. The maximum Gasteiger partial charge on any atom is 0.234 e. The molecule has 146 valence electrons. The van der Waals surface area contributed by atoms with Gasteiger partial charge < -0.3 is 9.88 Å². The summed E-state index contributed by atoms with van der Waals surface area (Å²) in [6, 6.07) is 24.9. The number of anilines is 1. The highest BCUT2D eigenvalue weighted by atomic mass is 32.2. The second-order valence-electron chi connectivity index (χ2n) is 7.34. The second-order valence-corrected chi connectivity index (χ2v) is 8.35. The van der Waals surface area contributed by atoms with Crippen LogP contribution in [0.3, 0.4) is 0 Å². The van der Waals surface area contributed by atoms with Crippen molar-refractivity contribution in [1.29, 1.82) is 0 Å². The van der Waals surface area contributed by atoms with E-state index in [2.05, 4.69) is 70.7 Å². The number of benzene rings is 3. The Morgan fingerprint density at radius 1 is 0.931 bits per heavy atom. The van der Waals surface area contributed by atoms with Crippen molar-refractivity contribution in [1.82, 2.24) is 4.57 Å². The van der Waals surface area contributed by atoms with Crippen molar-refractivity contribution in [2.75, 3.05) is 11.1 Å². The molecule has 0 unspecified atom stereocenters. The molecule has 4 heteroatoms. The second kappa shape index (κ2) is 8.58. The van der Waals surface area contributed by atoms with Crippen LogP contribution in [0.2, 0.25) is 0 Å². The normalized spacial score (nSPS) is 11.0. The first-order valence-corrected chi connectivity index (χ1v) is 10.7. The topological polar surface area (TPSA) is 34.0 Å². The first-order chi connectivity index (χ1) is 14.1. The number of fused-ring (bicyclic) bond motifs is 1. The van der Waals surface area contributed by atoms with Crippen LogP contribution >= 0.6 is 11.8 Å². The van der Waals surface area contributed by atoms with Gasteiger partial charge in [-0.05, 0) is 48.7 Å². The molecule has 0 aliphatic carbocycles. The van der Waals surface area contributed by atoms with Crippen molar-refractivity contribution in [3.63, 3.8) is 0 Å². The molecular weight excluding hydrogens is 376 g/mol. The van der Waals surface area contributed by atoms with Gasteiger partial charge in [-0.1, -0.05) is 54.6 Å². The van der Waals surface area contributed by atoms with Crippen molar-refractivity contribution in [2.24, 2.45) is 0 Å². The molecule has 4 rings (SSSR count). The van der Waals surface area contributed by atoms with Gasteiger partial charge in [0.25, 0.3) is 0 Å². The Kier molecular flexibility index (Phi) is 5.72. The highest BCUT2D eigenvalue weighted by molar-refractivity contribution is 8.00. The number of hydrogen-bond acceptors (Lipinski definition) is 2. The number of amides is 1. The quantitative estimate of drug-likeness (QED) is 0.401. The number of carbonyl (C=O) groups excluding carboxylic acids is 1. The van der Waals surface area contributed by atoms with Gasteiger partial charge in [0.2, 0.25) is 5.91 Å². The Hall–Kier alpha value is -2.98. The Balaban J connectivity index is 1.50. The molecule has 0 saturated carbocycles. The average Bonchev–Trinajstić information content (AvgIpc) is 3.04. The largest absolute Gasteiger partial charge is 0.342 e. The lowest BCUT2D eigenvalue weighted by Crippen LogP contribution is -2.14. The van der Waals surface area contributed by atoms with E-state index in [0.717, 1.165) is 28.3 Å². The summed E-state index contributed by atoms with van der Waals surface area (Å²) in [5.74, 6) is 0.395. The third-order valence-corrected chi connectivity index (χ3v) is 5.85. The Bertz CT molecular complexity index is 1130. The van der Waals surface area contributed by atoms with E-state index in [1.54, 1.807) is 11.8 Å². The molecule has 3 aromatic carbocycles. The third kappa shape index (κ3) is 4.72. The number of aryl methyl sites for hydroxylation is 2. The van der Waals surface area contributed by atoms with Crippen molar-refractivity contribution in [2.45, 2.75) is 25.3 Å². The number of hydrogen-bond donors (Lipinski definition) is 1. The van der Waals surface area contributed by atoms with Crippen LogP contribution in [-0.2, 0) is 11.3 Å². The molecule has 0 radical (unpaired) electrons. The molecule has 1 heterocycles. The summed E-state index contributed by atoms with van der Waals surface area (Å²) < 4.78 is 2.26. The van der Waals surface area contributed by atoms with Gasteiger partial charge in [-0.25, -0.2) is 0 Å². The molecule has 0 spiro atoms. The van der Waals surface area contributed by atoms with E-state index in [-0.39, 0.29) is 5.91 Å². The molecule has 1 amide bonds. The van der Waals surface area contributed by atoms with Crippen LogP contribution in [0.4, 0.5) is 5.69 Å². The molecule has 0 aliphatic rings. The van der Waals surface area contributed by atoms with Gasteiger partial charge in [-0.15, -0.1) is 11.8 Å². The molecule has 0 bridgehead atoms. The predicted molar refractivity (Wildman–Crippen MR) is 123 cm³/mol. The van der Waals surface area contributed by atoms with Crippen molar-refractivity contribution >= 4 is 34.3 Å². The van der Waals surface area contributed by atoms with Crippen molar-refractivity contribution in [3.05, 3.63) is 95.7 Å². The highest BCUT2D eigenvalue weighted by Crippen LogP contribution is 2.30. The SMILES string of the molecule is Cc1cc(C)cc(NC(=O)CSc2cn(Cc3ccccc3)c3ccccc23)c1. The van der Waals surface area contributed by atoms with E-state index in [9.17, 15) is 4.79 Å². The minimum absolute atomic E-state index is 0.0138. The Morgan fingerprint density at radius 2 is 1.62 bits per heavy atom. The minimum atomic E-state index is 0.0138. The zero-order chi connectivity index (χ0) is 20.2. The third-order valence-electron chi connectivity index (χ3n) is 4.81. The summed E-state index contributed by atoms with van der Waals surface area (Å²) in [5.41, 5.74) is 5.61. The van der Waals surface area contributed by atoms with Crippen LogP contribution < -0.4 is 5.32 Å². The van der Waals surface area contributed by atoms with Gasteiger partial charge in [0.05, 0.1) is 5.75 Å².